The second-order valence-electron chi connectivity index (χ2n) is 5.80. The molecule has 0 fully saturated rings. The molecule has 0 bridgehead atoms. The molecule has 4 N–H and O–H groups in total. The SMILES string of the molecule is Cc1cc(N)cc(Nc2nccc(Oc3ccc4[nH]ccc4c3)n2)c1. The van der Waals surface area contributed by atoms with E-state index in [1.807, 2.05) is 55.6 Å². The Balaban J connectivity index is 1.56. The first-order valence-electron chi connectivity index (χ1n) is 7.88. The summed E-state index contributed by atoms with van der Waals surface area (Å²) in [6.45, 7) is 1.99. The summed E-state index contributed by atoms with van der Waals surface area (Å²) < 4.78 is 5.85. The number of nitrogens with zero attached hydrogens (tertiary/aromatic N) is 2. The molecule has 2 aromatic heterocycles. The zero-order valence-electron chi connectivity index (χ0n) is 13.7. The average molecular weight is 331 g/mol. The molecule has 6 nitrogen and oxygen atoms in total. The van der Waals surface area contributed by atoms with Crippen LogP contribution < -0.4 is 15.8 Å². The normalized spacial score (nSPS) is 10.8. The molecule has 6 heteroatoms. The minimum atomic E-state index is 0.449. The van der Waals surface area contributed by atoms with Crippen molar-refractivity contribution < 1.29 is 4.74 Å². The van der Waals surface area contributed by atoms with Crippen LogP contribution in [0.1, 0.15) is 5.56 Å². The van der Waals surface area contributed by atoms with Gasteiger partial charge in [0.25, 0.3) is 0 Å². The van der Waals surface area contributed by atoms with Gasteiger partial charge in [0, 0.05) is 40.7 Å². The molecular formula is C19H17N5O. The molecular weight excluding hydrogens is 314 g/mol. The zero-order chi connectivity index (χ0) is 17.2. The number of hydrogen-bond donors (Lipinski definition) is 3. The van der Waals surface area contributed by atoms with Gasteiger partial charge in [-0.05, 0) is 55.0 Å². The molecule has 25 heavy (non-hydrogen) atoms. The summed E-state index contributed by atoms with van der Waals surface area (Å²) in [5, 5.41) is 4.23. The van der Waals surface area contributed by atoms with E-state index in [9.17, 15) is 0 Å². The van der Waals surface area contributed by atoms with E-state index < -0.39 is 0 Å². The summed E-state index contributed by atoms with van der Waals surface area (Å²) in [5.74, 6) is 1.63. The highest BCUT2D eigenvalue weighted by atomic mass is 16.5. The fourth-order valence-corrected chi connectivity index (χ4v) is 2.69. The number of fused-ring (bicyclic) bond motifs is 1. The zero-order valence-corrected chi connectivity index (χ0v) is 13.7. The molecule has 0 aliphatic heterocycles. The Labute approximate surface area is 144 Å². The van der Waals surface area contributed by atoms with E-state index in [1.54, 1.807) is 12.3 Å². The van der Waals surface area contributed by atoms with Gasteiger partial charge in [0.1, 0.15) is 5.75 Å². The minimum Gasteiger partial charge on any atom is -0.439 e. The summed E-state index contributed by atoms with van der Waals surface area (Å²) in [7, 11) is 0. The van der Waals surface area contributed by atoms with Crippen molar-refractivity contribution in [2.75, 3.05) is 11.1 Å². The lowest BCUT2D eigenvalue weighted by Crippen LogP contribution is -1.99. The molecule has 0 atom stereocenters. The van der Waals surface area contributed by atoms with Crippen molar-refractivity contribution in [1.29, 1.82) is 0 Å². The monoisotopic (exact) mass is 331 g/mol. The van der Waals surface area contributed by atoms with Gasteiger partial charge in [0.2, 0.25) is 11.8 Å². The van der Waals surface area contributed by atoms with Crippen LogP contribution in [0.15, 0.2) is 60.9 Å². The first-order chi connectivity index (χ1) is 12.2. The van der Waals surface area contributed by atoms with Crippen molar-refractivity contribution in [1.82, 2.24) is 15.0 Å². The lowest BCUT2D eigenvalue weighted by Gasteiger charge is -2.09. The fraction of sp³-hybridized carbons (Fsp3) is 0.0526. The van der Waals surface area contributed by atoms with E-state index in [1.165, 1.54) is 0 Å². The summed E-state index contributed by atoms with van der Waals surface area (Å²) in [6, 6.07) is 15.3. The van der Waals surface area contributed by atoms with Crippen LogP contribution in [0.4, 0.5) is 17.3 Å². The number of nitrogens with two attached hydrogens (primary N) is 1. The minimum absolute atomic E-state index is 0.449. The standard InChI is InChI=1S/C19H17N5O/c1-12-8-14(20)11-15(9-12)23-19-22-7-5-18(24-19)25-16-2-3-17-13(10-16)4-6-21-17/h2-11,21H,20H2,1H3,(H,22,23,24). The molecule has 0 aliphatic rings. The number of rotatable bonds is 4. The van der Waals surface area contributed by atoms with Crippen LogP contribution >= 0.6 is 0 Å². The highest BCUT2D eigenvalue weighted by molar-refractivity contribution is 5.80. The van der Waals surface area contributed by atoms with Gasteiger partial charge in [-0.25, -0.2) is 4.98 Å². The van der Waals surface area contributed by atoms with Gasteiger partial charge in [0.15, 0.2) is 0 Å². The average Bonchev–Trinajstić information content (AvgIpc) is 3.02. The Kier molecular flexibility index (Phi) is 3.70. The number of aromatic nitrogens is 3. The first kappa shape index (κ1) is 15.0. The lowest BCUT2D eigenvalue weighted by atomic mass is 10.2. The van der Waals surface area contributed by atoms with Gasteiger partial charge in [-0.15, -0.1) is 0 Å². The van der Waals surface area contributed by atoms with E-state index in [0.29, 0.717) is 17.5 Å². The Morgan fingerprint density at radius 2 is 2.00 bits per heavy atom. The van der Waals surface area contributed by atoms with Gasteiger partial charge in [-0.1, -0.05) is 0 Å². The Morgan fingerprint density at radius 3 is 2.88 bits per heavy atom. The fourth-order valence-electron chi connectivity index (χ4n) is 2.69. The molecule has 0 aliphatic carbocycles. The van der Waals surface area contributed by atoms with Gasteiger partial charge in [0.05, 0.1) is 0 Å². The highest BCUT2D eigenvalue weighted by Gasteiger charge is 2.05. The van der Waals surface area contributed by atoms with Crippen molar-refractivity contribution >= 4 is 28.2 Å². The van der Waals surface area contributed by atoms with E-state index in [0.717, 1.165) is 27.9 Å². The van der Waals surface area contributed by atoms with Crippen LogP contribution in [0.2, 0.25) is 0 Å². The Bertz CT molecular complexity index is 1020. The predicted molar refractivity (Wildman–Crippen MR) is 99.3 cm³/mol. The quantitative estimate of drug-likeness (QED) is 0.483. The van der Waals surface area contributed by atoms with E-state index in [4.69, 9.17) is 10.5 Å². The number of anilines is 3. The van der Waals surface area contributed by atoms with Gasteiger partial charge >= 0.3 is 0 Å². The van der Waals surface area contributed by atoms with E-state index >= 15 is 0 Å². The number of H-pyrrole nitrogens is 1. The molecule has 0 spiro atoms. The molecule has 124 valence electrons. The maximum Gasteiger partial charge on any atom is 0.230 e. The summed E-state index contributed by atoms with van der Waals surface area (Å²) in [6.07, 6.45) is 3.55. The number of hydrogen-bond acceptors (Lipinski definition) is 5. The number of nitrogens with one attached hydrogen (secondary N) is 2. The van der Waals surface area contributed by atoms with Gasteiger partial charge < -0.3 is 20.8 Å². The van der Waals surface area contributed by atoms with Crippen LogP contribution in [0.3, 0.4) is 0 Å². The second kappa shape index (κ2) is 6.16. The van der Waals surface area contributed by atoms with Crippen LogP contribution in [0.5, 0.6) is 11.6 Å². The third-order valence-electron chi connectivity index (χ3n) is 3.73. The van der Waals surface area contributed by atoms with Gasteiger partial charge in [-0.2, -0.15) is 4.98 Å². The molecule has 4 aromatic rings. The van der Waals surface area contributed by atoms with Crippen molar-refractivity contribution in [3.8, 4) is 11.6 Å². The molecule has 0 unspecified atom stereocenters. The predicted octanol–water partition coefficient (Wildman–Crippen LogP) is 4.38. The molecule has 0 saturated heterocycles. The van der Waals surface area contributed by atoms with Crippen molar-refractivity contribution in [3.05, 3.63) is 66.5 Å². The van der Waals surface area contributed by atoms with E-state index in [-0.39, 0.29) is 0 Å². The smallest absolute Gasteiger partial charge is 0.230 e. The molecule has 2 aromatic carbocycles. The maximum atomic E-state index is 5.87. The van der Waals surface area contributed by atoms with Crippen LogP contribution in [0.25, 0.3) is 10.9 Å². The maximum absolute atomic E-state index is 5.87. The number of benzene rings is 2. The Hall–Kier alpha value is -3.54. The highest BCUT2D eigenvalue weighted by Crippen LogP contribution is 2.25. The van der Waals surface area contributed by atoms with Crippen LogP contribution in [0, 0.1) is 6.92 Å². The topological polar surface area (TPSA) is 88.9 Å². The second-order valence-corrected chi connectivity index (χ2v) is 5.80. The first-order valence-corrected chi connectivity index (χ1v) is 7.88. The molecule has 2 heterocycles. The van der Waals surface area contributed by atoms with Crippen molar-refractivity contribution in [2.24, 2.45) is 0 Å². The summed E-state index contributed by atoms with van der Waals surface area (Å²) in [5.41, 5.74) is 9.53. The Morgan fingerprint density at radius 1 is 1.08 bits per heavy atom. The third-order valence-corrected chi connectivity index (χ3v) is 3.73. The van der Waals surface area contributed by atoms with Crippen molar-refractivity contribution in [2.45, 2.75) is 6.92 Å². The van der Waals surface area contributed by atoms with Crippen molar-refractivity contribution in [3.63, 3.8) is 0 Å². The summed E-state index contributed by atoms with van der Waals surface area (Å²) >= 11 is 0. The number of nitrogen functional groups attached to an aromatic ring is 1. The molecule has 0 saturated carbocycles. The molecule has 0 radical (unpaired) electrons. The number of ether oxygens (including phenoxy) is 1. The summed E-state index contributed by atoms with van der Waals surface area (Å²) in [4.78, 5) is 11.8. The van der Waals surface area contributed by atoms with E-state index in [2.05, 4.69) is 20.3 Å². The molecule has 4 rings (SSSR count). The largest absolute Gasteiger partial charge is 0.439 e. The van der Waals surface area contributed by atoms with Crippen LogP contribution in [-0.4, -0.2) is 15.0 Å². The lowest BCUT2D eigenvalue weighted by molar-refractivity contribution is 0.463. The molecule has 0 amide bonds. The third kappa shape index (κ3) is 3.37. The number of aryl methyl sites for hydroxylation is 1. The van der Waals surface area contributed by atoms with Crippen LogP contribution in [-0.2, 0) is 0 Å². The van der Waals surface area contributed by atoms with Gasteiger partial charge in [-0.3, -0.25) is 0 Å². The number of aromatic amines is 1.